The highest BCUT2D eigenvalue weighted by Gasteiger charge is 2.25. The number of carbonyl (C=O) groups excluding carboxylic acids is 1. The molecule has 1 unspecified atom stereocenters. The highest BCUT2D eigenvalue weighted by Crippen LogP contribution is 2.23. The predicted octanol–water partition coefficient (Wildman–Crippen LogP) is 3.79. The number of oxazole rings is 1. The number of carbonyl (C=O) groups is 1. The van der Waals surface area contributed by atoms with Crippen molar-refractivity contribution in [3.63, 3.8) is 0 Å². The van der Waals surface area contributed by atoms with E-state index in [0.717, 1.165) is 55.5 Å². The van der Waals surface area contributed by atoms with Gasteiger partial charge in [-0.05, 0) is 58.4 Å². The maximum atomic E-state index is 12.7. The second kappa shape index (κ2) is 9.07. The van der Waals surface area contributed by atoms with Crippen LogP contribution in [0.1, 0.15) is 36.3 Å². The normalized spacial score (nSPS) is 17.3. The molecule has 2 aromatic rings. The van der Waals surface area contributed by atoms with E-state index in [0.29, 0.717) is 17.3 Å². The molecule has 7 heteroatoms. The maximum Gasteiger partial charge on any atom is 0.241 e. The lowest BCUT2D eigenvalue weighted by Gasteiger charge is -2.27. The summed E-state index contributed by atoms with van der Waals surface area (Å²) in [7, 11) is 0. The Morgan fingerprint density at radius 2 is 2.04 bits per heavy atom. The fraction of sp³-hybridized carbons (Fsp3) is 0.524. The minimum absolute atomic E-state index is 0.0295. The van der Waals surface area contributed by atoms with Gasteiger partial charge in [0.1, 0.15) is 5.76 Å². The molecule has 0 saturated carbocycles. The Morgan fingerprint density at radius 1 is 1.25 bits per heavy atom. The summed E-state index contributed by atoms with van der Waals surface area (Å²) in [6, 6.07) is 5.44. The van der Waals surface area contributed by atoms with Crippen molar-refractivity contribution in [3.8, 4) is 0 Å². The molecule has 28 heavy (non-hydrogen) atoms. The van der Waals surface area contributed by atoms with Crippen molar-refractivity contribution in [2.75, 3.05) is 31.5 Å². The van der Waals surface area contributed by atoms with Crippen LogP contribution in [-0.2, 0) is 11.3 Å². The third-order valence-electron chi connectivity index (χ3n) is 5.36. The third-order valence-corrected chi connectivity index (χ3v) is 5.68. The zero-order valence-electron chi connectivity index (χ0n) is 17.1. The molecule has 1 aliphatic rings. The Morgan fingerprint density at radius 3 is 2.71 bits per heavy atom. The lowest BCUT2D eigenvalue weighted by Crippen LogP contribution is -2.43. The van der Waals surface area contributed by atoms with Gasteiger partial charge in [-0.15, -0.1) is 0 Å². The Bertz CT molecular complexity index is 816. The smallest absolute Gasteiger partial charge is 0.241 e. The van der Waals surface area contributed by atoms with E-state index >= 15 is 0 Å². The number of nitrogens with zero attached hydrogens (tertiary/aromatic N) is 3. The fourth-order valence-corrected chi connectivity index (χ4v) is 3.74. The van der Waals surface area contributed by atoms with Crippen LogP contribution in [-0.4, -0.2) is 52.9 Å². The second-order valence-electron chi connectivity index (χ2n) is 7.56. The van der Waals surface area contributed by atoms with Crippen molar-refractivity contribution in [2.45, 2.75) is 46.7 Å². The number of amides is 1. The first-order valence-corrected chi connectivity index (χ1v) is 10.2. The van der Waals surface area contributed by atoms with E-state index in [2.05, 4.69) is 20.1 Å². The summed E-state index contributed by atoms with van der Waals surface area (Å²) in [6.45, 7) is 12.1. The monoisotopic (exact) mass is 404 g/mol. The highest BCUT2D eigenvalue weighted by atomic mass is 35.5. The molecule has 2 heterocycles. The predicted molar refractivity (Wildman–Crippen MR) is 112 cm³/mol. The van der Waals surface area contributed by atoms with Crippen LogP contribution in [0.25, 0.3) is 0 Å². The Hall–Kier alpha value is -1.89. The molecule has 1 aliphatic heterocycles. The van der Waals surface area contributed by atoms with Crippen LogP contribution in [0.15, 0.2) is 22.6 Å². The first-order valence-electron chi connectivity index (χ1n) is 9.80. The van der Waals surface area contributed by atoms with E-state index < -0.39 is 0 Å². The number of hydrogen-bond acceptors (Lipinski definition) is 5. The van der Waals surface area contributed by atoms with Crippen LogP contribution in [0.5, 0.6) is 0 Å². The number of aryl methyl sites for hydroxylation is 3. The molecule has 152 valence electrons. The zero-order valence-corrected chi connectivity index (χ0v) is 17.8. The van der Waals surface area contributed by atoms with Crippen molar-refractivity contribution in [3.05, 3.63) is 46.1 Å². The Labute approximate surface area is 171 Å². The fourth-order valence-electron chi connectivity index (χ4n) is 3.46. The zero-order chi connectivity index (χ0) is 20.3. The minimum atomic E-state index is -0.219. The van der Waals surface area contributed by atoms with Gasteiger partial charge in [-0.3, -0.25) is 14.6 Å². The van der Waals surface area contributed by atoms with Crippen molar-refractivity contribution >= 4 is 23.2 Å². The van der Waals surface area contributed by atoms with Gasteiger partial charge >= 0.3 is 0 Å². The van der Waals surface area contributed by atoms with E-state index in [4.69, 9.17) is 16.0 Å². The highest BCUT2D eigenvalue weighted by molar-refractivity contribution is 6.33. The summed E-state index contributed by atoms with van der Waals surface area (Å²) in [5.74, 6) is 1.62. The van der Waals surface area contributed by atoms with E-state index in [1.54, 1.807) is 0 Å². The minimum Gasteiger partial charge on any atom is -0.444 e. The van der Waals surface area contributed by atoms with E-state index in [1.165, 1.54) is 0 Å². The molecule has 1 fully saturated rings. The summed E-state index contributed by atoms with van der Waals surface area (Å²) in [6.07, 6.45) is 1.00. The summed E-state index contributed by atoms with van der Waals surface area (Å²) >= 11 is 6.25. The van der Waals surface area contributed by atoms with Crippen molar-refractivity contribution in [2.24, 2.45) is 0 Å². The number of hydrogen-bond donors (Lipinski definition) is 1. The van der Waals surface area contributed by atoms with Crippen LogP contribution >= 0.6 is 11.6 Å². The standard InChI is InChI=1S/C21H29ClN4O2/c1-14-6-7-19(18(22)12-14)24-21(27)16(3)26-9-5-8-25(10-11-26)13-20-23-15(2)17(4)28-20/h6-7,12,16H,5,8-11,13H2,1-4H3,(H,24,27). The topological polar surface area (TPSA) is 61.6 Å². The molecule has 0 bridgehead atoms. The molecule has 1 aromatic carbocycles. The molecule has 1 aromatic heterocycles. The first-order chi connectivity index (χ1) is 13.3. The van der Waals surface area contributed by atoms with Gasteiger partial charge in [0.15, 0.2) is 0 Å². The molecule has 0 aliphatic carbocycles. The molecule has 1 N–H and O–H groups in total. The van der Waals surface area contributed by atoms with E-state index in [1.807, 2.05) is 45.9 Å². The van der Waals surface area contributed by atoms with Gasteiger partial charge < -0.3 is 9.73 Å². The van der Waals surface area contributed by atoms with E-state index in [9.17, 15) is 4.79 Å². The number of nitrogens with one attached hydrogen (secondary N) is 1. The van der Waals surface area contributed by atoms with Gasteiger partial charge in [-0.1, -0.05) is 17.7 Å². The van der Waals surface area contributed by atoms with Crippen LogP contribution in [0.4, 0.5) is 5.69 Å². The molecule has 1 saturated heterocycles. The van der Waals surface area contributed by atoms with Crippen molar-refractivity contribution < 1.29 is 9.21 Å². The average Bonchev–Trinajstić information content (AvgIpc) is 2.83. The molecular formula is C21H29ClN4O2. The quantitative estimate of drug-likeness (QED) is 0.821. The van der Waals surface area contributed by atoms with Gasteiger partial charge in [0.25, 0.3) is 0 Å². The average molecular weight is 405 g/mol. The van der Waals surface area contributed by atoms with Gasteiger partial charge in [0.2, 0.25) is 11.8 Å². The number of aromatic nitrogens is 1. The number of anilines is 1. The molecular weight excluding hydrogens is 376 g/mol. The Kier molecular flexibility index (Phi) is 6.75. The van der Waals surface area contributed by atoms with Crippen LogP contribution in [0.2, 0.25) is 5.02 Å². The van der Waals surface area contributed by atoms with Crippen molar-refractivity contribution in [1.82, 2.24) is 14.8 Å². The van der Waals surface area contributed by atoms with Crippen LogP contribution in [0, 0.1) is 20.8 Å². The summed E-state index contributed by atoms with van der Waals surface area (Å²) in [4.78, 5) is 21.8. The third kappa shape index (κ3) is 5.13. The summed E-state index contributed by atoms with van der Waals surface area (Å²) < 4.78 is 5.71. The largest absolute Gasteiger partial charge is 0.444 e. The lowest BCUT2D eigenvalue weighted by atomic mass is 10.2. The Balaban J connectivity index is 1.55. The summed E-state index contributed by atoms with van der Waals surface area (Å²) in [5.41, 5.74) is 2.68. The number of halogens is 1. The van der Waals surface area contributed by atoms with Crippen LogP contribution in [0.3, 0.4) is 0 Å². The van der Waals surface area contributed by atoms with Crippen molar-refractivity contribution in [1.29, 1.82) is 0 Å². The van der Waals surface area contributed by atoms with Gasteiger partial charge in [0.05, 0.1) is 29.0 Å². The molecule has 0 spiro atoms. The number of rotatable bonds is 5. The van der Waals surface area contributed by atoms with Gasteiger partial charge in [0, 0.05) is 19.6 Å². The van der Waals surface area contributed by atoms with Crippen LogP contribution < -0.4 is 5.32 Å². The molecule has 6 nitrogen and oxygen atoms in total. The molecule has 0 radical (unpaired) electrons. The lowest BCUT2D eigenvalue weighted by molar-refractivity contribution is -0.120. The second-order valence-corrected chi connectivity index (χ2v) is 7.97. The maximum absolute atomic E-state index is 12.7. The molecule has 1 atom stereocenters. The first kappa shape index (κ1) is 20.8. The molecule has 3 rings (SSSR count). The SMILES string of the molecule is Cc1ccc(NC(=O)C(C)N2CCCN(Cc3nc(C)c(C)o3)CC2)c(Cl)c1. The number of benzene rings is 1. The van der Waals surface area contributed by atoms with E-state index in [-0.39, 0.29) is 11.9 Å². The molecule has 1 amide bonds. The summed E-state index contributed by atoms with van der Waals surface area (Å²) in [5, 5.41) is 3.53. The van der Waals surface area contributed by atoms with Gasteiger partial charge in [-0.25, -0.2) is 4.98 Å². The van der Waals surface area contributed by atoms with Gasteiger partial charge in [-0.2, -0.15) is 0 Å².